The summed E-state index contributed by atoms with van der Waals surface area (Å²) in [7, 11) is 1.73. The Morgan fingerprint density at radius 3 is 2.70 bits per heavy atom. The summed E-state index contributed by atoms with van der Waals surface area (Å²) in [6.45, 7) is 5.90. The van der Waals surface area contributed by atoms with Crippen LogP contribution in [-0.2, 0) is 11.2 Å². The number of likely N-dealkylation sites (tertiary alicyclic amines) is 1. The van der Waals surface area contributed by atoms with Crippen LogP contribution in [0.5, 0.6) is 11.5 Å². The van der Waals surface area contributed by atoms with Gasteiger partial charge in [0.1, 0.15) is 0 Å². The zero-order valence-electron chi connectivity index (χ0n) is 17.9. The average Bonchev–Trinajstić information content (AvgIpc) is 3.49. The van der Waals surface area contributed by atoms with Crippen LogP contribution < -0.4 is 14.4 Å². The number of benzene rings is 2. The smallest absolute Gasteiger partial charge is 0.163 e. The van der Waals surface area contributed by atoms with Crippen molar-refractivity contribution >= 4 is 11.4 Å². The largest absolute Gasteiger partial charge is 0.493 e. The fraction of sp³-hybridized carbons (Fsp3) is 0.520. The van der Waals surface area contributed by atoms with Gasteiger partial charge in [-0.25, -0.2) is 0 Å². The van der Waals surface area contributed by atoms with Gasteiger partial charge in [0, 0.05) is 37.0 Å². The molecule has 2 saturated heterocycles. The van der Waals surface area contributed by atoms with E-state index in [2.05, 4.69) is 46.2 Å². The van der Waals surface area contributed by atoms with Gasteiger partial charge in [0.15, 0.2) is 11.5 Å². The molecule has 0 aromatic heterocycles. The molecule has 0 amide bonds. The van der Waals surface area contributed by atoms with E-state index < -0.39 is 0 Å². The molecule has 0 spiro atoms. The highest BCUT2D eigenvalue weighted by Gasteiger charge is 2.32. The van der Waals surface area contributed by atoms with Gasteiger partial charge in [-0.2, -0.15) is 0 Å². The zero-order chi connectivity index (χ0) is 20.3. The number of hydrogen-bond acceptors (Lipinski definition) is 5. The second-order valence-corrected chi connectivity index (χ2v) is 8.58. The molecule has 2 aromatic carbocycles. The molecule has 1 atom stereocenters. The van der Waals surface area contributed by atoms with Crippen molar-refractivity contribution in [3.8, 4) is 11.5 Å². The van der Waals surface area contributed by atoms with Gasteiger partial charge in [-0.05, 0) is 62.0 Å². The second-order valence-electron chi connectivity index (χ2n) is 8.58. The Kier molecular flexibility index (Phi) is 5.82. The summed E-state index contributed by atoms with van der Waals surface area (Å²) in [6, 6.07) is 13.4. The molecule has 5 heteroatoms. The molecule has 160 valence electrons. The molecule has 3 aliphatic rings. The zero-order valence-corrected chi connectivity index (χ0v) is 17.9. The maximum Gasteiger partial charge on any atom is 0.163 e. The summed E-state index contributed by atoms with van der Waals surface area (Å²) < 4.78 is 17.7. The molecule has 2 fully saturated rings. The predicted molar refractivity (Wildman–Crippen MR) is 119 cm³/mol. The first kappa shape index (κ1) is 19.7. The summed E-state index contributed by atoms with van der Waals surface area (Å²) in [5.41, 5.74) is 5.19. The van der Waals surface area contributed by atoms with Crippen molar-refractivity contribution in [1.29, 1.82) is 0 Å². The molecule has 3 heterocycles. The summed E-state index contributed by atoms with van der Waals surface area (Å²) in [5.74, 6) is 1.68. The van der Waals surface area contributed by atoms with E-state index in [1.807, 2.05) is 0 Å². The van der Waals surface area contributed by atoms with E-state index in [4.69, 9.17) is 14.2 Å². The lowest BCUT2D eigenvalue weighted by atomic mass is 9.93. The Morgan fingerprint density at radius 2 is 1.90 bits per heavy atom. The number of ether oxygens (including phenoxy) is 3. The Morgan fingerprint density at radius 1 is 1.03 bits per heavy atom. The summed E-state index contributed by atoms with van der Waals surface area (Å²) >= 11 is 0. The SMILES string of the molecule is COc1cc2c(cc1OCCCN1CCCC1)N([C@H]1CCOC1)c1ccccc1C2. The lowest BCUT2D eigenvalue weighted by Gasteiger charge is -2.37. The third-order valence-electron chi connectivity index (χ3n) is 6.60. The van der Waals surface area contributed by atoms with Crippen LogP contribution in [0.4, 0.5) is 11.4 Å². The summed E-state index contributed by atoms with van der Waals surface area (Å²) in [4.78, 5) is 5.00. The van der Waals surface area contributed by atoms with Crippen molar-refractivity contribution in [2.45, 2.75) is 38.1 Å². The lowest BCUT2D eigenvalue weighted by Crippen LogP contribution is -2.34. The highest BCUT2D eigenvalue weighted by atomic mass is 16.5. The first-order valence-corrected chi connectivity index (χ1v) is 11.3. The molecule has 0 aliphatic carbocycles. The van der Waals surface area contributed by atoms with Gasteiger partial charge in [-0.15, -0.1) is 0 Å². The molecule has 5 rings (SSSR count). The van der Waals surface area contributed by atoms with Crippen molar-refractivity contribution in [3.05, 3.63) is 47.5 Å². The van der Waals surface area contributed by atoms with E-state index in [0.717, 1.165) is 57.1 Å². The van der Waals surface area contributed by atoms with E-state index >= 15 is 0 Å². The van der Waals surface area contributed by atoms with Crippen molar-refractivity contribution < 1.29 is 14.2 Å². The number of anilines is 2. The Bertz CT molecular complexity index is 873. The summed E-state index contributed by atoms with van der Waals surface area (Å²) in [6.07, 6.45) is 5.68. The van der Waals surface area contributed by atoms with E-state index in [9.17, 15) is 0 Å². The van der Waals surface area contributed by atoms with Gasteiger partial charge in [-0.3, -0.25) is 0 Å². The third kappa shape index (κ3) is 3.88. The van der Waals surface area contributed by atoms with Crippen LogP contribution in [0.15, 0.2) is 36.4 Å². The highest BCUT2D eigenvalue weighted by Crippen LogP contribution is 2.45. The number of fused-ring (bicyclic) bond motifs is 2. The van der Waals surface area contributed by atoms with Crippen molar-refractivity contribution in [2.75, 3.05) is 51.5 Å². The molecular formula is C25H32N2O3. The van der Waals surface area contributed by atoms with Crippen LogP contribution in [0.25, 0.3) is 0 Å². The van der Waals surface area contributed by atoms with Gasteiger partial charge in [0.05, 0.1) is 26.4 Å². The molecule has 0 unspecified atom stereocenters. The monoisotopic (exact) mass is 408 g/mol. The van der Waals surface area contributed by atoms with Gasteiger partial charge >= 0.3 is 0 Å². The molecule has 0 N–H and O–H groups in total. The molecule has 30 heavy (non-hydrogen) atoms. The number of rotatable bonds is 7. The van der Waals surface area contributed by atoms with Crippen LogP contribution >= 0.6 is 0 Å². The molecule has 0 saturated carbocycles. The van der Waals surface area contributed by atoms with Crippen LogP contribution in [-0.4, -0.2) is 57.5 Å². The van der Waals surface area contributed by atoms with Gasteiger partial charge < -0.3 is 24.0 Å². The fourth-order valence-electron chi connectivity index (χ4n) is 5.06. The first-order chi connectivity index (χ1) is 14.8. The van der Waals surface area contributed by atoms with Crippen LogP contribution in [0.1, 0.15) is 36.8 Å². The number of methoxy groups -OCH3 is 1. The quantitative estimate of drug-likeness (QED) is 0.635. The first-order valence-electron chi connectivity index (χ1n) is 11.3. The van der Waals surface area contributed by atoms with E-state index in [1.165, 1.54) is 48.4 Å². The molecule has 3 aliphatic heterocycles. The molecule has 2 aromatic rings. The lowest BCUT2D eigenvalue weighted by molar-refractivity contribution is 0.194. The van der Waals surface area contributed by atoms with Crippen molar-refractivity contribution in [2.24, 2.45) is 0 Å². The Balaban J connectivity index is 1.40. The Labute approximate surface area is 179 Å². The Hall–Kier alpha value is -2.24. The maximum absolute atomic E-state index is 6.24. The van der Waals surface area contributed by atoms with Crippen LogP contribution in [0.2, 0.25) is 0 Å². The average molecular weight is 409 g/mol. The van der Waals surface area contributed by atoms with Crippen LogP contribution in [0, 0.1) is 0 Å². The molecule has 5 nitrogen and oxygen atoms in total. The standard InChI is InChI=1S/C25H32N2O3/c1-28-24-16-20-15-19-7-2-3-8-22(19)27(21-9-14-29-18-21)23(20)17-25(24)30-13-6-12-26-10-4-5-11-26/h2-3,7-8,16-17,21H,4-6,9-15,18H2,1H3/t21-/m0/s1. The minimum atomic E-state index is 0.363. The van der Waals surface area contributed by atoms with Gasteiger partial charge in [0.25, 0.3) is 0 Å². The molecule has 0 radical (unpaired) electrons. The second kappa shape index (κ2) is 8.86. The topological polar surface area (TPSA) is 34.2 Å². The molecule has 0 bridgehead atoms. The normalized spacial score (nSPS) is 20.8. The van der Waals surface area contributed by atoms with E-state index in [-0.39, 0.29) is 0 Å². The minimum absolute atomic E-state index is 0.363. The van der Waals surface area contributed by atoms with Gasteiger partial charge in [-0.1, -0.05) is 18.2 Å². The fourth-order valence-corrected chi connectivity index (χ4v) is 5.06. The predicted octanol–water partition coefficient (Wildman–Crippen LogP) is 4.39. The number of nitrogens with zero attached hydrogens (tertiary/aromatic N) is 2. The third-order valence-corrected chi connectivity index (χ3v) is 6.60. The van der Waals surface area contributed by atoms with Crippen LogP contribution in [0.3, 0.4) is 0 Å². The van der Waals surface area contributed by atoms with E-state index in [0.29, 0.717) is 6.04 Å². The molecular weight excluding hydrogens is 376 g/mol. The maximum atomic E-state index is 6.24. The van der Waals surface area contributed by atoms with Crippen molar-refractivity contribution in [3.63, 3.8) is 0 Å². The number of para-hydroxylation sites is 1. The van der Waals surface area contributed by atoms with E-state index in [1.54, 1.807) is 7.11 Å². The minimum Gasteiger partial charge on any atom is -0.493 e. The highest BCUT2D eigenvalue weighted by molar-refractivity contribution is 5.77. The van der Waals surface area contributed by atoms with Gasteiger partial charge in [0.2, 0.25) is 0 Å². The summed E-state index contributed by atoms with van der Waals surface area (Å²) in [5, 5.41) is 0. The number of hydrogen-bond donors (Lipinski definition) is 0. The van der Waals surface area contributed by atoms with Crippen molar-refractivity contribution in [1.82, 2.24) is 4.90 Å².